The van der Waals surface area contributed by atoms with Crippen LogP contribution >= 0.6 is 0 Å². The maximum absolute atomic E-state index is 14.3. The van der Waals surface area contributed by atoms with Gasteiger partial charge >= 0.3 is 0 Å². The molecule has 8 amide bonds. The molecular formula is C51H67N9O13. The number of aromatic hydroxyl groups is 1. The number of H-pyrrole nitrogens is 1. The number of ketones is 4. The molecule has 3 aromatic rings. The number of benzene rings is 2. The van der Waals surface area contributed by atoms with Gasteiger partial charge in [0, 0.05) is 86.3 Å². The second-order valence-electron chi connectivity index (χ2n) is 18.9. The van der Waals surface area contributed by atoms with Crippen LogP contribution in [-0.2, 0) is 70.4 Å². The van der Waals surface area contributed by atoms with E-state index >= 15 is 0 Å². The number of Topliss-reactive ketones (excluding diaryl/α,β-unsaturated/α-hetero) is 4. The molecule has 4 rings (SSSR count). The molecule has 12 N–H and O–H groups in total. The molecule has 0 unspecified atom stereocenters. The van der Waals surface area contributed by atoms with Gasteiger partial charge in [0.25, 0.3) is 0 Å². The fourth-order valence-corrected chi connectivity index (χ4v) is 8.74. The molecule has 7 atom stereocenters. The van der Waals surface area contributed by atoms with Crippen LogP contribution in [0.4, 0.5) is 0 Å². The number of phenols is 1. The van der Waals surface area contributed by atoms with E-state index in [-0.39, 0.29) is 37.9 Å². The number of amides is 8. The Morgan fingerprint density at radius 3 is 2.18 bits per heavy atom. The summed E-state index contributed by atoms with van der Waals surface area (Å²) in [5.41, 5.74) is 18.3. The Labute approximate surface area is 422 Å². The Morgan fingerprint density at radius 2 is 1.52 bits per heavy atom. The molecule has 0 saturated carbocycles. The van der Waals surface area contributed by atoms with E-state index in [1.807, 2.05) is 18.2 Å². The molecule has 0 spiro atoms. The first-order chi connectivity index (χ1) is 34.5. The highest BCUT2D eigenvalue weighted by Gasteiger charge is 2.37. The summed E-state index contributed by atoms with van der Waals surface area (Å²) in [5.74, 6) is -14.5. The smallest absolute Gasteiger partial charge is 0.236 e. The lowest BCUT2D eigenvalue weighted by atomic mass is 9.86. The van der Waals surface area contributed by atoms with Crippen LogP contribution in [0.25, 0.3) is 10.9 Å². The zero-order valence-electron chi connectivity index (χ0n) is 41.4. The van der Waals surface area contributed by atoms with Crippen LogP contribution in [0, 0.1) is 29.6 Å². The molecule has 394 valence electrons. The van der Waals surface area contributed by atoms with Gasteiger partial charge in [0.1, 0.15) is 5.75 Å². The van der Waals surface area contributed by atoms with Crippen LogP contribution in [0.5, 0.6) is 5.75 Å². The van der Waals surface area contributed by atoms with Crippen LogP contribution < -0.4 is 38.5 Å². The molecule has 1 saturated heterocycles. The van der Waals surface area contributed by atoms with E-state index in [9.17, 15) is 62.6 Å². The number of carbonyl (C=O) groups is 12. The Balaban J connectivity index is 1.66. The van der Waals surface area contributed by atoms with Crippen LogP contribution in [0.2, 0.25) is 0 Å². The summed E-state index contributed by atoms with van der Waals surface area (Å²) in [5, 5.41) is 20.8. The minimum atomic E-state index is -1.68. The van der Waals surface area contributed by atoms with Crippen molar-refractivity contribution in [1.29, 1.82) is 0 Å². The number of nitrogens with two attached hydrogens (primary N) is 3. The lowest BCUT2D eigenvalue weighted by Gasteiger charge is -2.28. The molecule has 1 fully saturated rings. The van der Waals surface area contributed by atoms with Gasteiger partial charge in [0.15, 0.2) is 23.1 Å². The molecule has 0 aliphatic carbocycles. The summed E-state index contributed by atoms with van der Waals surface area (Å²) in [7, 11) is 1.27. The average molecular weight is 1010 g/mol. The third kappa shape index (κ3) is 18.4. The Morgan fingerprint density at radius 1 is 0.836 bits per heavy atom. The lowest BCUT2D eigenvalue weighted by Crippen LogP contribution is -2.50. The molecule has 0 bridgehead atoms. The number of hydrogen-bond acceptors (Lipinski definition) is 13. The number of nitrogens with one attached hydrogen (secondary N) is 5. The maximum Gasteiger partial charge on any atom is 0.236 e. The van der Waals surface area contributed by atoms with Crippen molar-refractivity contribution in [3.63, 3.8) is 0 Å². The minimum Gasteiger partial charge on any atom is -0.508 e. The number of rotatable bonds is 19. The first-order valence-corrected chi connectivity index (χ1v) is 24.2. The second kappa shape index (κ2) is 27.7. The SMILES string of the molecule is CC[C@H](C)[C@@H]1NC(=O)[C@H](Cc2ccc(O)cc2)CC(=O)CNC(=O)CC[C@@H](C(=O)N(C)CC(=O)C[C@@H](Cc2c[nH]c3ccccc23)C(=O)NCC(N)=O)CC(=O)[C@H](CC(N)=O)NC(=O)[C@H](CCC(N)=O)CC1=O. The summed E-state index contributed by atoms with van der Waals surface area (Å²) < 4.78 is 0. The number of para-hydroxylation sites is 1. The Bertz CT molecular complexity index is 2540. The monoisotopic (exact) mass is 1010 g/mol. The quantitative estimate of drug-likeness (QED) is 0.0770. The highest BCUT2D eigenvalue weighted by Crippen LogP contribution is 2.25. The molecule has 1 aliphatic heterocycles. The number of carbonyl (C=O) groups excluding carboxylic acids is 12. The summed E-state index contributed by atoms with van der Waals surface area (Å²) in [6, 6.07) is 10.3. The van der Waals surface area contributed by atoms with Crippen molar-refractivity contribution in [2.24, 2.45) is 46.8 Å². The van der Waals surface area contributed by atoms with Crippen molar-refractivity contribution in [2.45, 2.75) is 103 Å². The van der Waals surface area contributed by atoms with Crippen molar-refractivity contribution in [2.75, 3.05) is 26.7 Å². The number of aromatic nitrogens is 1. The van der Waals surface area contributed by atoms with Crippen LogP contribution in [0.15, 0.2) is 54.7 Å². The van der Waals surface area contributed by atoms with Crippen LogP contribution in [0.3, 0.4) is 0 Å². The van der Waals surface area contributed by atoms with E-state index in [1.54, 1.807) is 38.2 Å². The van der Waals surface area contributed by atoms with E-state index in [1.165, 1.54) is 19.2 Å². The largest absolute Gasteiger partial charge is 0.508 e. The van der Waals surface area contributed by atoms with Crippen LogP contribution in [0.1, 0.15) is 89.2 Å². The molecule has 1 aromatic heterocycles. The predicted octanol–water partition coefficient (Wildman–Crippen LogP) is 0.0868. The normalized spacial score (nSPS) is 20.7. The molecule has 2 heterocycles. The summed E-state index contributed by atoms with van der Waals surface area (Å²) in [4.78, 5) is 165. The molecule has 1 aliphatic rings. The van der Waals surface area contributed by atoms with E-state index in [2.05, 4.69) is 26.3 Å². The number of fused-ring (bicyclic) bond motifs is 1. The highest BCUT2D eigenvalue weighted by molar-refractivity contribution is 5.99. The number of aromatic amines is 1. The zero-order chi connectivity index (χ0) is 53.9. The van der Waals surface area contributed by atoms with Crippen LogP contribution in [-0.4, -0.2) is 124 Å². The highest BCUT2D eigenvalue weighted by atomic mass is 16.3. The number of phenolic OH excluding ortho intramolecular Hbond substituents is 1. The third-order valence-corrected chi connectivity index (χ3v) is 13.0. The van der Waals surface area contributed by atoms with Gasteiger partial charge in [0.05, 0.1) is 38.1 Å². The Hall–Kier alpha value is -7.78. The van der Waals surface area contributed by atoms with Crippen molar-refractivity contribution >= 4 is 81.3 Å². The zero-order valence-corrected chi connectivity index (χ0v) is 41.4. The minimum absolute atomic E-state index is 0.0147. The standard InChI is InChI=1S/C51H67N9O13/c1-4-28(2)47-42(65)21-30(11-15-43(52)66)49(71)58-40(23-44(53)67)41(64)22-31(12-16-46(69)56-25-36(62)19-32(50(72)59-47)17-29-9-13-35(61)14-10-29)51(73)60(3)27-37(63)20-33(48(70)57-26-45(54)68)18-34-24-55-39-8-6-5-7-38(34)39/h5-10,13-14,24,28,30-33,40,47,55,61H,4,11-12,15-23,25-27H2,1-3H3,(H2,52,66)(H2,53,67)(H2,54,68)(H,56,69)(H,57,70)(H,58,71)(H,59,72)/t28-,30+,31+,32+,33+,40-,47-/m0/s1. The van der Waals surface area contributed by atoms with Crippen molar-refractivity contribution in [1.82, 2.24) is 31.2 Å². The first kappa shape index (κ1) is 57.8. The van der Waals surface area contributed by atoms with Crippen molar-refractivity contribution in [3.05, 3.63) is 65.9 Å². The summed E-state index contributed by atoms with van der Waals surface area (Å²) >= 11 is 0. The van der Waals surface area contributed by atoms with Gasteiger partial charge in [-0.1, -0.05) is 50.6 Å². The lowest BCUT2D eigenvalue weighted by molar-refractivity contribution is -0.141. The molecule has 73 heavy (non-hydrogen) atoms. The van der Waals surface area contributed by atoms with E-state index in [4.69, 9.17) is 17.2 Å². The van der Waals surface area contributed by atoms with Gasteiger partial charge in [-0.25, -0.2) is 0 Å². The number of likely N-dealkylation sites (N-methyl/N-ethyl adjacent to an activating group) is 1. The molecule has 22 heteroatoms. The molecule has 0 radical (unpaired) electrons. The van der Waals surface area contributed by atoms with Gasteiger partial charge in [-0.05, 0) is 60.9 Å². The first-order valence-electron chi connectivity index (χ1n) is 24.2. The van der Waals surface area contributed by atoms with Gasteiger partial charge in [-0.2, -0.15) is 0 Å². The molecular weight excluding hydrogens is 947 g/mol. The fraction of sp³-hybridized carbons (Fsp3) is 0.490. The van der Waals surface area contributed by atoms with Crippen molar-refractivity contribution in [3.8, 4) is 5.75 Å². The average Bonchev–Trinajstić information content (AvgIpc) is 3.75. The maximum atomic E-state index is 14.3. The van der Waals surface area contributed by atoms with E-state index in [0.717, 1.165) is 15.8 Å². The third-order valence-electron chi connectivity index (χ3n) is 13.0. The van der Waals surface area contributed by atoms with E-state index < -0.39 is 170 Å². The van der Waals surface area contributed by atoms with E-state index in [0.29, 0.717) is 17.5 Å². The predicted molar refractivity (Wildman–Crippen MR) is 264 cm³/mol. The Kier molecular flexibility index (Phi) is 21.9. The number of nitrogens with zero attached hydrogens (tertiary/aromatic N) is 1. The summed E-state index contributed by atoms with van der Waals surface area (Å²) in [6.45, 7) is 1.85. The second-order valence-corrected chi connectivity index (χ2v) is 18.9. The number of hydrogen-bond donors (Lipinski definition) is 9. The van der Waals surface area contributed by atoms with Crippen molar-refractivity contribution < 1.29 is 62.6 Å². The van der Waals surface area contributed by atoms with Gasteiger partial charge in [-0.15, -0.1) is 0 Å². The topological polar surface area (TPSA) is 370 Å². The fourth-order valence-electron chi connectivity index (χ4n) is 8.74. The summed E-state index contributed by atoms with van der Waals surface area (Å²) in [6.07, 6.45) is -2.16. The molecule has 2 aromatic carbocycles. The van der Waals surface area contributed by atoms with Gasteiger partial charge in [-0.3, -0.25) is 57.5 Å². The van der Waals surface area contributed by atoms with Gasteiger partial charge in [0.2, 0.25) is 47.3 Å². The molecule has 22 nitrogen and oxygen atoms in total. The van der Waals surface area contributed by atoms with Gasteiger partial charge < -0.3 is 53.5 Å². The number of primary amides is 3.